The molecule has 4 heterocycles. The summed E-state index contributed by atoms with van der Waals surface area (Å²) in [5, 5.41) is 8.36. The number of nitrogens with zero attached hydrogens (tertiary/aromatic N) is 6. The van der Waals surface area contributed by atoms with Crippen LogP contribution in [-0.2, 0) is 67.4 Å². The van der Waals surface area contributed by atoms with Gasteiger partial charge in [0, 0.05) is 26.0 Å². The van der Waals surface area contributed by atoms with Crippen LogP contribution in [0.2, 0.25) is 54.4 Å². The fraction of sp³-hybridized carbons (Fsp3) is 0.721. The molecule has 0 saturated heterocycles. The van der Waals surface area contributed by atoms with Crippen LogP contribution in [0.25, 0.3) is 0 Å². The van der Waals surface area contributed by atoms with E-state index < -0.39 is 25.0 Å². The Labute approximate surface area is 382 Å². The smallest absolute Gasteiger partial charge is 0.192 e. The Morgan fingerprint density at radius 3 is 1.44 bits per heavy atom. The Kier molecular flexibility index (Phi) is 35.3. The van der Waals surface area contributed by atoms with Crippen molar-refractivity contribution in [1.82, 2.24) is 39.0 Å². The van der Waals surface area contributed by atoms with E-state index in [9.17, 15) is 0 Å². The Morgan fingerprint density at radius 2 is 1.03 bits per heavy atom. The molecule has 4 aromatic rings. The van der Waals surface area contributed by atoms with Gasteiger partial charge in [-0.15, -0.1) is 0 Å². The second kappa shape index (κ2) is 36.8. The third-order valence-electron chi connectivity index (χ3n) is 11.3. The molecule has 0 aliphatic heterocycles. The molecule has 3 N–H and O–H groups in total. The highest BCUT2D eigenvalue weighted by atomic mass is 35.5. The zero-order valence-electron chi connectivity index (χ0n) is 40.5. The van der Waals surface area contributed by atoms with E-state index in [2.05, 4.69) is 97.0 Å². The van der Waals surface area contributed by atoms with Crippen LogP contribution in [0.4, 0.5) is 0 Å². The summed E-state index contributed by atoms with van der Waals surface area (Å²) in [6.07, 6.45) is 14.1. The van der Waals surface area contributed by atoms with Crippen LogP contribution in [0.5, 0.6) is 0 Å². The number of aromatic amines is 2. The average Bonchev–Trinajstić information content (AvgIpc) is 4.18. The number of halogens is 1. The number of rotatable bonds is 27. The van der Waals surface area contributed by atoms with Gasteiger partial charge in [-0.25, -0.2) is 19.9 Å². The number of alkyl halides is 1. The molecule has 0 aliphatic rings. The first-order valence-corrected chi connectivity index (χ1v) is 30.9. The summed E-state index contributed by atoms with van der Waals surface area (Å²) in [5.41, 5.74) is 3.94. The van der Waals surface area contributed by atoms with Gasteiger partial charge < -0.3 is 51.7 Å². The Balaban J connectivity index is 0.000000797. The predicted octanol–water partition coefficient (Wildman–Crippen LogP) is 10.9. The van der Waals surface area contributed by atoms with Gasteiger partial charge in [0.15, 0.2) is 25.0 Å². The van der Waals surface area contributed by atoms with Crippen LogP contribution in [-0.4, -0.2) is 95.0 Å². The average molecular weight is 946 g/mol. The monoisotopic (exact) mass is 945 g/mol. The van der Waals surface area contributed by atoms with Gasteiger partial charge in [-0.2, -0.15) is 0 Å². The van der Waals surface area contributed by atoms with Gasteiger partial charge in [-0.3, -0.25) is 0 Å². The van der Waals surface area contributed by atoms with Gasteiger partial charge >= 0.3 is 0 Å². The van der Waals surface area contributed by atoms with Gasteiger partial charge in [0.05, 0.1) is 93.1 Å². The van der Waals surface area contributed by atoms with Crippen molar-refractivity contribution in [3.05, 3.63) is 72.9 Å². The summed E-state index contributed by atoms with van der Waals surface area (Å²) in [6.45, 7) is 31.4. The third kappa shape index (κ3) is 24.0. The van der Waals surface area contributed by atoms with Gasteiger partial charge in [-0.05, 0) is 75.2 Å². The number of ether oxygens (including phenoxy) is 3. The maximum Gasteiger partial charge on any atom is 0.192 e. The molecule has 19 heteroatoms. The lowest BCUT2D eigenvalue weighted by atomic mass is 10.5. The molecule has 0 amide bonds. The SMILES string of the molecule is CCOCCl.CCOCn1cnc(CO[Si](CC)(CC)CC)c1.CCOCn1cncc1CO[Si](CC)(CC)CC.CC[Si](CC)(CC)OCc1cnc[nH]1.OCc1cnc[nH]1. The number of nitrogens with one attached hydrogen (secondary N) is 2. The molecule has 62 heavy (non-hydrogen) atoms. The summed E-state index contributed by atoms with van der Waals surface area (Å²) >= 11 is 5.08. The minimum Gasteiger partial charge on any atom is -0.411 e. The fourth-order valence-electron chi connectivity index (χ4n) is 6.19. The van der Waals surface area contributed by atoms with Crippen molar-refractivity contribution in [3.63, 3.8) is 0 Å². The molecule has 0 aromatic carbocycles. The largest absolute Gasteiger partial charge is 0.411 e. The number of hydrogen-bond donors (Lipinski definition) is 3. The number of hydrogen-bond acceptors (Lipinski definition) is 11. The maximum absolute atomic E-state index is 8.36. The number of H-pyrrole nitrogens is 2. The van der Waals surface area contributed by atoms with E-state index >= 15 is 0 Å². The van der Waals surface area contributed by atoms with E-state index in [1.807, 2.05) is 48.5 Å². The Bertz CT molecular complexity index is 1510. The lowest BCUT2D eigenvalue weighted by Gasteiger charge is -2.28. The maximum atomic E-state index is 8.36. The quantitative estimate of drug-likeness (QED) is 0.0384. The van der Waals surface area contributed by atoms with E-state index in [-0.39, 0.29) is 6.61 Å². The topological polar surface area (TPSA) is 169 Å². The molecule has 358 valence electrons. The van der Waals surface area contributed by atoms with Crippen molar-refractivity contribution in [3.8, 4) is 0 Å². The summed E-state index contributed by atoms with van der Waals surface area (Å²) in [5.74, 6) is 0. The van der Waals surface area contributed by atoms with E-state index in [1.165, 1.54) is 60.7 Å². The van der Waals surface area contributed by atoms with Crippen molar-refractivity contribution < 1.29 is 32.6 Å². The first-order chi connectivity index (χ1) is 30.0. The van der Waals surface area contributed by atoms with E-state index in [0.29, 0.717) is 46.0 Å². The molecule has 0 atom stereocenters. The van der Waals surface area contributed by atoms with Gasteiger partial charge in [0.1, 0.15) is 19.5 Å². The molecule has 4 aromatic heterocycles. The lowest BCUT2D eigenvalue weighted by Crippen LogP contribution is -2.35. The lowest BCUT2D eigenvalue weighted by molar-refractivity contribution is 0.0832. The molecule has 0 spiro atoms. The summed E-state index contributed by atoms with van der Waals surface area (Å²) < 4.78 is 37.9. The molecule has 0 saturated carbocycles. The first-order valence-electron chi connectivity index (χ1n) is 22.8. The Hall–Kier alpha value is -2.50. The second-order valence-electron chi connectivity index (χ2n) is 14.5. The standard InChI is InChI=1S/2C13H26N2O2Si.C10H20N2OSi.C4H6N2O.C3H7ClO/c1-5-16-12-15-9-13(14-11-15)10-17-18(6-2,7-3)8-4;1-5-16-12-15-11-14-9-13(15)10-17-18(6-2,7-3)8-4;1-4-14(5-2,6-3)13-8-10-7-11-9-12-10;7-2-4-1-5-3-6-4;1-2-5-3-4/h2*9,11H,5-8,10,12H2,1-4H3;7,9H,4-6,8H2,1-3H3,(H,11,12);1,3,7H,2H2,(H,5,6);2-3H2,1H3. The molecular weight excluding hydrogens is 860 g/mol. The summed E-state index contributed by atoms with van der Waals surface area (Å²) in [6, 6.07) is 11.0. The highest BCUT2D eigenvalue weighted by Gasteiger charge is 2.30. The minimum atomic E-state index is -1.51. The molecule has 0 bridgehead atoms. The van der Waals surface area contributed by atoms with Crippen LogP contribution in [0.3, 0.4) is 0 Å². The number of aromatic nitrogens is 8. The highest BCUT2D eigenvalue weighted by Crippen LogP contribution is 2.25. The van der Waals surface area contributed by atoms with Crippen LogP contribution < -0.4 is 0 Å². The fourth-order valence-corrected chi connectivity index (χ4v) is 14.0. The van der Waals surface area contributed by atoms with Crippen LogP contribution in [0.1, 0.15) is 106 Å². The zero-order chi connectivity index (χ0) is 46.5. The molecule has 4 rings (SSSR count). The zero-order valence-corrected chi connectivity index (χ0v) is 44.3. The van der Waals surface area contributed by atoms with Gasteiger partial charge in [0.25, 0.3) is 0 Å². The molecule has 0 radical (unpaired) electrons. The number of aliphatic hydroxyl groups excluding tert-OH is 1. The Morgan fingerprint density at radius 1 is 0.565 bits per heavy atom. The van der Waals surface area contributed by atoms with Gasteiger partial charge in [0.2, 0.25) is 0 Å². The highest BCUT2D eigenvalue weighted by molar-refractivity contribution is 6.74. The number of aliphatic hydroxyl groups is 1. The first kappa shape index (κ1) is 59.5. The van der Waals surface area contributed by atoms with E-state index in [1.54, 1.807) is 25.2 Å². The van der Waals surface area contributed by atoms with Crippen LogP contribution in [0, 0.1) is 0 Å². The van der Waals surface area contributed by atoms with Crippen LogP contribution >= 0.6 is 11.6 Å². The van der Waals surface area contributed by atoms with Crippen LogP contribution in [0.15, 0.2) is 50.1 Å². The van der Waals surface area contributed by atoms with Crippen molar-refractivity contribution in [1.29, 1.82) is 0 Å². The second-order valence-corrected chi connectivity index (χ2v) is 29.0. The van der Waals surface area contributed by atoms with Crippen molar-refractivity contribution in [2.75, 3.05) is 25.9 Å². The predicted molar refractivity (Wildman–Crippen MR) is 259 cm³/mol. The molecule has 0 unspecified atom stereocenters. The van der Waals surface area contributed by atoms with Crippen molar-refractivity contribution in [2.45, 2.75) is 177 Å². The normalized spacial score (nSPS) is 11.4. The minimum absolute atomic E-state index is 0.0417. The van der Waals surface area contributed by atoms with Crippen molar-refractivity contribution in [2.24, 2.45) is 0 Å². The van der Waals surface area contributed by atoms with E-state index in [4.69, 9.17) is 39.5 Å². The molecular formula is C43H85ClN8O7Si3. The summed E-state index contributed by atoms with van der Waals surface area (Å²) in [7, 11) is -4.43. The third-order valence-corrected chi connectivity index (χ3v) is 25.3. The summed E-state index contributed by atoms with van der Waals surface area (Å²) in [4.78, 5) is 22.0. The van der Waals surface area contributed by atoms with Crippen molar-refractivity contribution >= 4 is 36.6 Å². The number of imidazole rings is 4. The molecule has 0 fully saturated rings. The molecule has 0 aliphatic carbocycles. The molecule has 15 nitrogen and oxygen atoms in total. The van der Waals surface area contributed by atoms with Gasteiger partial charge in [-0.1, -0.05) is 73.9 Å². The van der Waals surface area contributed by atoms with E-state index in [0.717, 1.165) is 36.0 Å².